The number of benzene rings is 1. The standard InChI is InChI=1S/C15H14Cl2N6O/c1-7(19)9-4-8(2-3-11(9)20)22-15(24)12-10(16)5-23(6-18)14(21)13(12)17/h2-6,18-19,21H,20H2,1H3,(H,22,24). The molecular weight excluding hydrogens is 351 g/mol. The molecule has 0 aliphatic heterocycles. The molecule has 0 aliphatic rings. The number of anilines is 2. The highest BCUT2D eigenvalue weighted by molar-refractivity contribution is 6.40. The van der Waals surface area contributed by atoms with Crippen molar-refractivity contribution in [1.29, 1.82) is 16.2 Å². The Kier molecular flexibility index (Phi) is 5.06. The zero-order chi connectivity index (χ0) is 18.0. The summed E-state index contributed by atoms with van der Waals surface area (Å²) in [4.78, 5) is 12.5. The first-order valence-corrected chi connectivity index (χ1v) is 7.43. The molecule has 0 saturated heterocycles. The molecule has 0 aliphatic carbocycles. The van der Waals surface area contributed by atoms with Gasteiger partial charge in [-0.2, -0.15) is 0 Å². The van der Waals surface area contributed by atoms with Gasteiger partial charge in [0.1, 0.15) is 5.49 Å². The molecule has 9 heteroatoms. The van der Waals surface area contributed by atoms with E-state index in [4.69, 9.17) is 45.2 Å². The number of nitrogens with zero attached hydrogens (tertiary/aromatic N) is 1. The van der Waals surface area contributed by atoms with Crippen molar-refractivity contribution in [2.45, 2.75) is 6.92 Å². The molecule has 0 radical (unpaired) electrons. The van der Waals surface area contributed by atoms with Crippen LogP contribution in [0.2, 0.25) is 10.0 Å². The Balaban J connectivity index is 2.43. The molecular formula is C15H14Cl2N6O. The number of pyridine rings is 1. The molecule has 7 nitrogen and oxygen atoms in total. The summed E-state index contributed by atoms with van der Waals surface area (Å²) in [6.07, 6.45) is 2.12. The molecule has 0 unspecified atom stereocenters. The largest absolute Gasteiger partial charge is 0.398 e. The smallest absolute Gasteiger partial charge is 0.258 e. The van der Waals surface area contributed by atoms with Gasteiger partial charge in [-0.3, -0.25) is 20.2 Å². The van der Waals surface area contributed by atoms with Crippen LogP contribution in [-0.4, -0.2) is 22.5 Å². The van der Waals surface area contributed by atoms with Crippen LogP contribution >= 0.6 is 23.2 Å². The molecule has 0 spiro atoms. The van der Waals surface area contributed by atoms with Gasteiger partial charge in [-0.05, 0) is 25.1 Å². The summed E-state index contributed by atoms with van der Waals surface area (Å²) in [7, 11) is 0. The van der Waals surface area contributed by atoms with E-state index in [0.29, 0.717) is 16.9 Å². The van der Waals surface area contributed by atoms with Crippen LogP contribution in [0, 0.1) is 16.2 Å². The Labute approximate surface area is 147 Å². The van der Waals surface area contributed by atoms with Crippen LogP contribution in [0.3, 0.4) is 0 Å². The van der Waals surface area contributed by atoms with Crippen LogP contribution < -0.4 is 16.5 Å². The first kappa shape index (κ1) is 17.7. The van der Waals surface area contributed by atoms with E-state index in [1.165, 1.54) is 6.20 Å². The number of nitrogens with two attached hydrogens (primary N) is 1. The number of carbonyl (C=O) groups is 1. The lowest BCUT2D eigenvalue weighted by atomic mass is 10.1. The Morgan fingerprint density at radius 3 is 2.62 bits per heavy atom. The molecule has 1 aromatic carbocycles. The molecule has 0 atom stereocenters. The number of nitrogens with one attached hydrogen (secondary N) is 4. The maximum Gasteiger partial charge on any atom is 0.258 e. The van der Waals surface area contributed by atoms with E-state index >= 15 is 0 Å². The van der Waals surface area contributed by atoms with Crippen molar-refractivity contribution < 1.29 is 4.79 Å². The summed E-state index contributed by atoms with van der Waals surface area (Å²) in [5.74, 6) is -0.603. The second kappa shape index (κ2) is 6.86. The van der Waals surface area contributed by atoms with Crippen molar-refractivity contribution in [3.63, 3.8) is 0 Å². The second-order valence-electron chi connectivity index (χ2n) is 4.93. The zero-order valence-electron chi connectivity index (χ0n) is 12.6. The van der Waals surface area contributed by atoms with Crippen LogP contribution in [0.4, 0.5) is 11.4 Å². The lowest BCUT2D eigenvalue weighted by molar-refractivity contribution is 0.102. The first-order chi connectivity index (χ1) is 11.3. The third-order valence-electron chi connectivity index (χ3n) is 3.26. The minimum atomic E-state index is -0.603. The van der Waals surface area contributed by atoms with Gasteiger partial charge in [0.2, 0.25) is 0 Å². The minimum Gasteiger partial charge on any atom is -0.398 e. The fraction of sp³-hybridized carbons (Fsp3) is 0.0667. The normalized spacial score (nSPS) is 10.3. The average Bonchev–Trinajstić information content (AvgIpc) is 2.52. The van der Waals surface area contributed by atoms with E-state index in [2.05, 4.69) is 5.32 Å². The molecule has 0 saturated carbocycles. The SMILES string of the molecule is CC(=N)c1cc(NC(=O)c2c(Cl)cn(C=N)c(=N)c2Cl)ccc1N. The highest BCUT2D eigenvalue weighted by Gasteiger charge is 2.18. The maximum absolute atomic E-state index is 12.5. The minimum absolute atomic E-state index is 0.0101. The van der Waals surface area contributed by atoms with Crippen LogP contribution in [0.5, 0.6) is 0 Å². The topological polar surface area (TPSA) is 132 Å². The maximum atomic E-state index is 12.5. The third kappa shape index (κ3) is 3.32. The number of halogens is 2. The molecule has 1 aromatic heterocycles. The Hall–Kier alpha value is -2.64. The van der Waals surface area contributed by atoms with Crippen LogP contribution in [0.1, 0.15) is 22.8 Å². The van der Waals surface area contributed by atoms with Gasteiger partial charge in [0, 0.05) is 28.8 Å². The zero-order valence-corrected chi connectivity index (χ0v) is 14.1. The molecule has 0 fully saturated rings. The summed E-state index contributed by atoms with van der Waals surface area (Å²) in [6, 6.07) is 4.74. The Bertz CT molecular complexity index is 919. The number of amides is 1. The van der Waals surface area contributed by atoms with E-state index in [9.17, 15) is 4.79 Å². The van der Waals surface area contributed by atoms with Gasteiger partial charge in [-0.1, -0.05) is 23.2 Å². The molecule has 1 heterocycles. The Morgan fingerprint density at radius 1 is 1.38 bits per heavy atom. The summed E-state index contributed by atoms with van der Waals surface area (Å²) in [5, 5.41) is 25.1. The number of aromatic nitrogens is 1. The van der Waals surface area contributed by atoms with Crippen molar-refractivity contribution in [3.05, 3.63) is 51.1 Å². The third-order valence-corrected chi connectivity index (χ3v) is 3.91. The molecule has 6 N–H and O–H groups in total. The Morgan fingerprint density at radius 2 is 2.04 bits per heavy atom. The van der Waals surface area contributed by atoms with Crippen LogP contribution in [0.15, 0.2) is 24.4 Å². The van der Waals surface area contributed by atoms with Crippen molar-refractivity contribution in [1.82, 2.24) is 4.57 Å². The monoisotopic (exact) mass is 364 g/mol. The number of carbonyl (C=O) groups excluding carboxylic acids is 1. The van der Waals surface area contributed by atoms with Crippen molar-refractivity contribution in [2.24, 2.45) is 0 Å². The summed E-state index contributed by atoms with van der Waals surface area (Å²) >= 11 is 12.1. The average molecular weight is 365 g/mol. The number of hydrogen-bond donors (Lipinski definition) is 5. The molecule has 0 bridgehead atoms. The lowest BCUT2D eigenvalue weighted by Gasteiger charge is -2.12. The van der Waals surface area contributed by atoms with Crippen molar-refractivity contribution in [3.8, 4) is 0 Å². The highest BCUT2D eigenvalue weighted by Crippen LogP contribution is 2.24. The molecule has 1 amide bonds. The van der Waals surface area contributed by atoms with Gasteiger partial charge in [0.15, 0.2) is 0 Å². The molecule has 24 heavy (non-hydrogen) atoms. The van der Waals surface area contributed by atoms with Crippen LogP contribution in [-0.2, 0) is 0 Å². The highest BCUT2D eigenvalue weighted by atomic mass is 35.5. The van der Waals surface area contributed by atoms with Crippen molar-refractivity contribution >= 4 is 52.5 Å². The van der Waals surface area contributed by atoms with E-state index < -0.39 is 5.91 Å². The predicted molar refractivity (Wildman–Crippen MR) is 95.8 cm³/mol. The summed E-state index contributed by atoms with van der Waals surface area (Å²) < 4.78 is 1.08. The van der Waals surface area contributed by atoms with E-state index in [1.807, 2.05) is 0 Å². The van der Waals surface area contributed by atoms with Gasteiger partial charge in [-0.25, -0.2) is 0 Å². The van der Waals surface area contributed by atoms with Crippen molar-refractivity contribution in [2.75, 3.05) is 11.1 Å². The van der Waals surface area contributed by atoms with E-state index in [-0.39, 0.29) is 26.8 Å². The van der Waals surface area contributed by atoms with Gasteiger partial charge in [0.05, 0.1) is 21.9 Å². The predicted octanol–water partition coefficient (Wildman–Crippen LogP) is 2.95. The molecule has 2 rings (SSSR count). The number of nitrogen functional groups attached to an aromatic ring is 1. The summed E-state index contributed by atoms with van der Waals surface area (Å²) in [6.45, 7) is 1.59. The van der Waals surface area contributed by atoms with Gasteiger partial charge in [-0.15, -0.1) is 0 Å². The fourth-order valence-electron chi connectivity index (χ4n) is 2.05. The van der Waals surface area contributed by atoms with E-state index in [1.54, 1.807) is 25.1 Å². The van der Waals surface area contributed by atoms with E-state index in [0.717, 1.165) is 10.9 Å². The van der Waals surface area contributed by atoms with Gasteiger partial charge in [0.25, 0.3) is 5.91 Å². The fourth-order valence-corrected chi connectivity index (χ4v) is 2.67. The first-order valence-electron chi connectivity index (χ1n) is 6.68. The van der Waals surface area contributed by atoms with Gasteiger partial charge >= 0.3 is 0 Å². The number of rotatable bonds is 4. The van der Waals surface area contributed by atoms with Crippen LogP contribution in [0.25, 0.3) is 0 Å². The summed E-state index contributed by atoms with van der Waals surface area (Å²) in [5.41, 5.74) is 7.10. The quantitative estimate of drug-likeness (QED) is 0.324. The second-order valence-corrected chi connectivity index (χ2v) is 5.72. The van der Waals surface area contributed by atoms with Gasteiger partial charge < -0.3 is 16.5 Å². The molecule has 124 valence electrons. The lowest BCUT2D eigenvalue weighted by Crippen LogP contribution is -2.24. The molecule has 2 aromatic rings. The number of hydrogen-bond acceptors (Lipinski definition) is 5.